The van der Waals surface area contributed by atoms with Crippen LogP contribution in [0.15, 0.2) is 36.8 Å². The van der Waals surface area contributed by atoms with Gasteiger partial charge in [0, 0.05) is 36.5 Å². The Labute approximate surface area is 115 Å². The first-order chi connectivity index (χ1) is 9.66. The molecule has 104 valence electrons. The average molecular weight is 274 g/mol. The zero-order chi connectivity index (χ0) is 14.4. The molecule has 0 saturated carbocycles. The van der Waals surface area contributed by atoms with Crippen LogP contribution in [0.3, 0.4) is 0 Å². The molecule has 2 aromatic rings. The number of hydrogen-bond acceptors (Lipinski definition) is 4. The van der Waals surface area contributed by atoms with Crippen molar-refractivity contribution in [2.75, 3.05) is 6.54 Å². The molecule has 0 aliphatic carbocycles. The van der Waals surface area contributed by atoms with E-state index in [4.69, 9.17) is 0 Å². The maximum absolute atomic E-state index is 11.8. The van der Waals surface area contributed by atoms with Crippen LogP contribution in [0.5, 0.6) is 0 Å². The number of aromatic nitrogens is 2. The van der Waals surface area contributed by atoms with Gasteiger partial charge >= 0.3 is 0 Å². The van der Waals surface area contributed by atoms with Gasteiger partial charge in [0.25, 0.3) is 5.69 Å². The Bertz CT molecular complexity index is 595. The van der Waals surface area contributed by atoms with E-state index >= 15 is 0 Å². The number of nitro benzene ring substituents is 1. The summed E-state index contributed by atoms with van der Waals surface area (Å²) >= 11 is 0. The van der Waals surface area contributed by atoms with Crippen molar-refractivity contribution in [1.29, 1.82) is 0 Å². The third-order valence-corrected chi connectivity index (χ3v) is 2.81. The van der Waals surface area contributed by atoms with Gasteiger partial charge in [-0.2, -0.15) is 0 Å². The van der Waals surface area contributed by atoms with Crippen molar-refractivity contribution in [1.82, 2.24) is 15.3 Å². The smallest absolute Gasteiger partial charge is 0.273 e. The zero-order valence-corrected chi connectivity index (χ0v) is 10.7. The summed E-state index contributed by atoms with van der Waals surface area (Å²) < 4.78 is 0. The van der Waals surface area contributed by atoms with Gasteiger partial charge in [-0.1, -0.05) is 18.2 Å². The third-order valence-electron chi connectivity index (χ3n) is 2.81. The third kappa shape index (κ3) is 3.64. The molecule has 0 atom stereocenters. The summed E-state index contributed by atoms with van der Waals surface area (Å²) in [5.74, 6) is -0.237. The number of rotatable bonds is 6. The topological polar surface area (TPSA) is 101 Å². The van der Waals surface area contributed by atoms with Crippen LogP contribution in [0.4, 0.5) is 5.69 Å². The molecule has 1 heterocycles. The maximum atomic E-state index is 11.8. The number of benzene rings is 1. The Kier molecular flexibility index (Phi) is 4.43. The second-order valence-electron chi connectivity index (χ2n) is 4.24. The van der Waals surface area contributed by atoms with E-state index in [1.807, 2.05) is 0 Å². The second-order valence-corrected chi connectivity index (χ2v) is 4.24. The van der Waals surface area contributed by atoms with E-state index in [0.717, 1.165) is 5.69 Å². The number of H-pyrrole nitrogens is 1. The van der Waals surface area contributed by atoms with Crippen molar-refractivity contribution in [2.24, 2.45) is 0 Å². The van der Waals surface area contributed by atoms with Crippen LogP contribution >= 0.6 is 0 Å². The molecule has 2 rings (SSSR count). The summed E-state index contributed by atoms with van der Waals surface area (Å²) in [5, 5.41) is 13.6. The molecule has 0 radical (unpaired) electrons. The Morgan fingerprint density at radius 1 is 1.40 bits per heavy atom. The number of hydrogen-bond donors (Lipinski definition) is 2. The minimum atomic E-state index is -0.479. The van der Waals surface area contributed by atoms with Crippen molar-refractivity contribution in [3.8, 4) is 0 Å². The van der Waals surface area contributed by atoms with Gasteiger partial charge in [0.1, 0.15) is 0 Å². The Morgan fingerprint density at radius 3 is 2.90 bits per heavy atom. The number of imidazole rings is 1. The Hall–Kier alpha value is -2.70. The first kappa shape index (κ1) is 13.7. The molecule has 0 spiro atoms. The lowest BCUT2D eigenvalue weighted by Gasteiger charge is -2.05. The fourth-order valence-electron chi connectivity index (χ4n) is 1.83. The van der Waals surface area contributed by atoms with E-state index in [9.17, 15) is 14.9 Å². The summed E-state index contributed by atoms with van der Waals surface area (Å²) in [6.45, 7) is 0.460. The predicted molar refractivity (Wildman–Crippen MR) is 72.1 cm³/mol. The summed E-state index contributed by atoms with van der Waals surface area (Å²) in [7, 11) is 0. The van der Waals surface area contributed by atoms with Crippen LogP contribution in [0.2, 0.25) is 0 Å². The summed E-state index contributed by atoms with van der Waals surface area (Å²) in [6.07, 6.45) is 3.90. The molecule has 1 aromatic heterocycles. The number of para-hydroxylation sites is 1. The van der Waals surface area contributed by atoms with Crippen LogP contribution in [0.1, 0.15) is 11.3 Å². The van der Waals surface area contributed by atoms with Gasteiger partial charge in [0.2, 0.25) is 5.91 Å². The van der Waals surface area contributed by atoms with E-state index in [0.29, 0.717) is 18.5 Å². The largest absolute Gasteiger partial charge is 0.355 e. The molecule has 0 unspecified atom stereocenters. The number of carbonyl (C=O) groups excluding carboxylic acids is 1. The van der Waals surface area contributed by atoms with Gasteiger partial charge in [-0.25, -0.2) is 4.98 Å². The highest BCUT2D eigenvalue weighted by molar-refractivity contribution is 5.79. The zero-order valence-electron chi connectivity index (χ0n) is 10.7. The van der Waals surface area contributed by atoms with Gasteiger partial charge in [-0.05, 0) is 0 Å². The van der Waals surface area contributed by atoms with E-state index < -0.39 is 4.92 Å². The van der Waals surface area contributed by atoms with Crippen LogP contribution < -0.4 is 5.32 Å². The van der Waals surface area contributed by atoms with Crippen molar-refractivity contribution >= 4 is 11.6 Å². The molecule has 7 nitrogen and oxygen atoms in total. The Balaban J connectivity index is 1.87. The first-order valence-electron chi connectivity index (χ1n) is 6.13. The minimum absolute atomic E-state index is 0.000128. The number of carbonyl (C=O) groups is 1. The summed E-state index contributed by atoms with van der Waals surface area (Å²) in [5.41, 5.74) is 1.31. The van der Waals surface area contributed by atoms with Gasteiger partial charge in [-0.3, -0.25) is 14.9 Å². The molecule has 0 saturated heterocycles. The monoisotopic (exact) mass is 274 g/mol. The molecule has 7 heteroatoms. The number of nitrogens with one attached hydrogen (secondary N) is 2. The number of nitro groups is 1. The molecule has 1 amide bonds. The van der Waals surface area contributed by atoms with E-state index in [1.165, 1.54) is 6.07 Å². The fraction of sp³-hybridized carbons (Fsp3) is 0.231. The normalized spacial score (nSPS) is 10.2. The van der Waals surface area contributed by atoms with Crippen molar-refractivity contribution in [3.63, 3.8) is 0 Å². The highest BCUT2D eigenvalue weighted by Gasteiger charge is 2.15. The number of aromatic amines is 1. The maximum Gasteiger partial charge on any atom is 0.273 e. The summed E-state index contributed by atoms with van der Waals surface area (Å²) in [6, 6.07) is 6.25. The Morgan fingerprint density at radius 2 is 2.20 bits per heavy atom. The van der Waals surface area contributed by atoms with Crippen LogP contribution in [-0.4, -0.2) is 27.3 Å². The SMILES string of the molecule is O=C(Cc1ccccc1[N+](=O)[O-])NCCc1cnc[nH]1. The highest BCUT2D eigenvalue weighted by atomic mass is 16.6. The van der Waals surface area contributed by atoms with Crippen molar-refractivity contribution < 1.29 is 9.72 Å². The van der Waals surface area contributed by atoms with Crippen LogP contribution in [0.25, 0.3) is 0 Å². The van der Waals surface area contributed by atoms with Crippen molar-refractivity contribution in [2.45, 2.75) is 12.8 Å². The molecule has 2 N–H and O–H groups in total. The molecule has 0 aliphatic rings. The molecular weight excluding hydrogens is 260 g/mol. The summed E-state index contributed by atoms with van der Waals surface area (Å²) in [4.78, 5) is 28.9. The number of nitrogens with zero attached hydrogens (tertiary/aromatic N) is 2. The van der Waals surface area contributed by atoms with Crippen molar-refractivity contribution in [3.05, 3.63) is 58.2 Å². The molecule has 0 aliphatic heterocycles. The van der Waals surface area contributed by atoms with Crippen LogP contribution in [-0.2, 0) is 17.6 Å². The quantitative estimate of drug-likeness (QED) is 0.610. The first-order valence-corrected chi connectivity index (χ1v) is 6.13. The molecule has 0 fully saturated rings. The molecule has 1 aromatic carbocycles. The highest BCUT2D eigenvalue weighted by Crippen LogP contribution is 2.17. The van der Waals surface area contributed by atoms with Gasteiger partial charge in [-0.15, -0.1) is 0 Å². The molecule has 0 bridgehead atoms. The lowest BCUT2D eigenvalue weighted by molar-refractivity contribution is -0.385. The average Bonchev–Trinajstić information content (AvgIpc) is 2.92. The fourth-order valence-corrected chi connectivity index (χ4v) is 1.83. The number of amides is 1. The van der Waals surface area contributed by atoms with E-state index in [1.54, 1.807) is 30.7 Å². The van der Waals surface area contributed by atoms with E-state index in [2.05, 4.69) is 15.3 Å². The van der Waals surface area contributed by atoms with Gasteiger partial charge in [0.05, 0.1) is 17.7 Å². The lowest BCUT2D eigenvalue weighted by Crippen LogP contribution is -2.27. The van der Waals surface area contributed by atoms with Crippen LogP contribution in [0, 0.1) is 10.1 Å². The second kappa shape index (κ2) is 6.46. The standard InChI is InChI=1S/C13H14N4O3/c18-13(15-6-5-11-8-14-9-16-11)7-10-3-1-2-4-12(10)17(19)20/h1-4,8-9H,5-7H2,(H,14,16)(H,15,18). The molecule has 20 heavy (non-hydrogen) atoms. The van der Waals surface area contributed by atoms with Gasteiger partial charge < -0.3 is 10.3 Å². The van der Waals surface area contributed by atoms with E-state index in [-0.39, 0.29) is 18.0 Å². The molecular formula is C13H14N4O3. The van der Waals surface area contributed by atoms with Gasteiger partial charge in [0.15, 0.2) is 0 Å². The lowest BCUT2D eigenvalue weighted by atomic mass is 10.1. The predicted octanol–water partition coefficient (Wildman–Crippen LogP) is 1.22. The minimum Gasteiger partial charge on any atom is -0.355 e.